The maximum Gasteiger partial charge on any atom is -0.0119 e. The van der Waals surface area contributed by atoms with Gasteiger partial charge in [0, 0.05) is 0 Å². The molecular weight excluding hydrogens is 367 g/mol. The summed E-state index contributed by atoms with van der Waals surface area (Å²) in [6, 6.07) is 0. The topological polar surface area (TPSA) is 0 Å². The summed E-state index contributed by atoms with van der Waals surface area (Å²) >= 11 is 0. The van der Waals surface area contributed by atoms with Crippen LogP contribution in [0.3, 0.4) is 0 Å². The third-order valence-corrected chi connectivity index (χ3v) is 7.96. The number of rotatable bonds is 23. The Bertz CT molecular complexity index is 327. The van der Waals surface area contributed by atoms with Crippen LogP contribution in [-0.4, -0.2) is 5.16 Å². The molecule has 0 bridgehead atoms. The standard InChI is InChI=1S/C28H57P/c1-5-9-12-13-14-15-16-17-18-19-20-21-22-24-27(23-8-4)28(29,25-10-6-2)26-11-7-3/h8,27H,4-7,9-26,29H2,1-3H3. The Labute approximate surface area is 188 Å². The normalized spacial score (nSPS) is 13.0. The SMILES string of the molecule is C=CCC(CCCCCCCCCCCCCCC)C(P)(CCCC)CCCC. The highest BCUT2D eigenvalue weighted by Gasteiger charge is 2.31. The molecule has 0 aromatic carbocycles. The lowest BCUT2D eigenvalue weighted by molar-refractivity contribution is 0.297. The maximum absolute atomic E-state index is 4.08. The molecule has 0 aromatic rings. The fraction of sp³-hybridized carbons (Fsp3) is 0.929. The van der Waals surface area contributed by atoms with Gasteiger partial charge in [0.05, 0.1) is 0 Å². The maximum atomic E-state index is 4.08. The highest BCUT2D eigenvalue weighted by molar-refractivity contribution is 7.19. The average molecular weight is 425 g/mol. The van der Waals surface area contributed by atoms with Crippen molar-refractivity contribution in [3.8, 4) is 0 Å². The molecule has 0 radical (unpaired) electrons. The summed E-state index contributed by atoms with van der Waals surface area (Å²) in [6.45, 7) is 11.0. The summed E-state index contributed by atoms with van der Waals surface area (Å²) in [4.78, 5) is 0. The molecule has 29 heavy (non-hydrogen) atoms. The molecule has 0 N–H and O–H groups in total. The van der Waals surface area contributed by atoms with Crippen molar-refractivity contribution in [1.82, 2.24) is 0 Å². The third-order valence-electron chi connectivity index (χ3n) is 6.91. The van der Waals surface area contributed by atoms with Crippen molar-refractivity contribution in [2.75, 3.05) is 0 Å². The molecule has 0 fully saturated rings. The van der Waals surface area contributed by atoms with Gasteiger partial charge in [-0.25, -0.2) is 0 Å². The van der Waals surface area contributed by atoms with Gasteiger partial charge in [-0.05, 0) is 36.8 Å². The van der Waals surface area contributed by atoms with Crippen LogP contribution >= 0.6 is 9.24 Å². The van der Waals surface area contributed by atoms with Crippen molar-refractivity contribution in [2.24, 2.45) is 5.92 Å². The van der Waals surface area contributed by atoms with Gasteiger partial charge in [-0.15, -0.1) is 15.8 Å². The summed E-state index contributed by atoms with van der Waals surface area (Å²) in [6.07, 6.45) is 31.8. The molecule has 2 atom stereocenters. The molecule has 174 valence electrons. The van der Waals surface area contributed by atoms with E-state index < -0.39 is 0 Å². The van der Waals surface area contributed by atoms with Crippen LogP contribution < -0.4 is 0 Å². The van der Waals surface area contributed by atoms with Gasteiger partial charge in [-0.1, -0.05) is 136 Å². The second-order valence-electron chi connectivity index (χ2n) is 9.69. The largest absolute Gasteiger partial charge is 0.131 e. The van der Waals surface area contributed by atoms with Gasteiger partial charge in [0.15, 0.2) is 0 Å². The first kappa shape index (κ1) is 29.2. The Morgan fingerprint density at radius 2 is 1.00 bits per heavy atom. The van der Waals surface area contributed by atoms with Gasteiger partial charge >= 0.3 is 0 Å². The second kappa shape index (κ2) is 21.4. The summed E-state index contributed by atoms with van der Waals surface area (Å²) in [5, 5.41) is 0.456. The Balaban J connectivity index is 3.93. The molecule has 0 saturated carbocycles. The summed E-state index contributed by atoms with van der Waals surface area (Å²) in [7, 11) is 3.33. The number of hydrogen-bond acceptors (Lipinski definition) is 0. The lowest BCUT2D eigenvalue weighted by Gasteiger charge is -2.38. The summed E-state index contributed by atoms with van der Waals surface area (Å²) < 4.78 is 0. The molecular formula is C28H57P. The monoisotopic (exact) mass is 424 g/mol. The molecule has 0 nitrogen and oxygen atoms in total. The molecule has 0 aliphatic carbocycles. The summed E-state index contributed by atoms with van der Waals surface area (Å²) in [5.41, 5.74) is 0. The highest BCUT2D eigenvalue weighted by atomic mass is 31.0. The van der Waals surface area contributed by atoms with E-state index in [2.05, 4.69) is 42.7 Å². The van der Waals surface area contributed by atoms with E-state index in [1.165, 1.54) is 135 Å². The molecule has 0 amide bonds. The van der Waals surface area contributed by atoms with Crippen molar-refractivity contribution in [1.29, 1.82) is 0 Å². The first-order chi connectivity index (χ1) is 14.1. The van der Waals surface area contributed by atoms with Crippen molar-refractivity contribution in [2.45, 2.75) is 161 Å². The predicted molar refractivity (Wildman–Crippen MR) is 140 cm³/mol. The van der Waals surface area contributed by atoms with E-state index in [1.54, 1.807) is 0 Å². The Morgan fingerprint density at radius 1 is 0.621 bits per heavy atom. The van der Waals surface area contributed by atoms with Crippen LogP contribution in [0.5, 0.6) is 0 Å². The van der Waals surface area contributed by atoms with Crippen LogP contribution in [0.2, 0.25) is 0 Å². The molecule has 0 aromatic heterocycles. The molecule has 2 unspecified atom stereocenters. The predicted octanol–water partition coefficient (Wildman–Crippen LogP) is 10.7. The van der Waals surface area contributed by atoms with Crippen LogP contribution in [0.1, 0.15) is 156 Å². The van der Waals surface area contributed by atoms with Gasteiger partial charge in [-0.3, -0.25) is 0 Å². The molecule has 0 heterocycles. The molecule has 0 rings (SSSR count). The minimum Gasteiger partial charge on any atom is -0.131 e. The highest BCUT2D eigenvalue weighted by Crippen LogP contribution is 2.43. The van der Waals surface area contributed by atoms with E-state index in [4.69, 9.17) is 0 Å². The van der Waals surface area contributed by atoms with Crippen molar-refractivity contribution in [3.05, 3.63) is 12.7 Å². The van der Waals surface area contributed by atoms with E-state index in [-0.39, 0.29) is 0 Å². The summed E-state index contributed by atoms with van der Waals surface area (Å²) in [5.74, 6) is 0.816. The van der Waals surface area contributed by atoms with E-state index in [0.29, 0.717) is 5.16 Å². The minimum atomic E-state index is 0.456. The Kier molecular flexibility index (Phi) is 21.5. The number of hydrogen-bond donors (Lipinski definition) is 0. The first-order valence-corrected chi connectivity index (χ1v) is 14.1. The van der Waals surface area contributed by atoms with Crippen LogP contribution in [0, 0.1) is 5.92 Å². The van der Waals surface area contributed by atoms with E-state index in [9.17, 15) is 0 Å². The van der Waals surface area contributed by atoms with Gasteiger partial charge < -0.3 is 0 Å². The third kappa shape index (κ3) is 16.5. The average Bonchev–Trinajstić information content (AvgIpc) is 2.73. The number of unbranched alkanes of at least 4 members (excludes halogenated alkanes) is 14. The van der Waals surface area contributed by atoms with Crippen molar-refractivity contribution >= 4 is 9.24 Å². The Hall–Kier alpha value is 0.170. The lowest BCUT2D eigenvalue weighted by atomic mass is 9.78. The minimum absolute atomic E-state index is 0.456. The molecule has 0 spiro atoms. The molecule has 0 aliphatic rings. The fourth-order valence-corrected chi connectivity index (χ4v) is 5.51. The van der Waals surface area contributed by atoms with Crippen LogP contribution in [0.25, 0.3) is 0 Å². The molecule has 0 saturated heterocycles. The van der Waals surface area contributed by atoms with Crippen LogP contribution in [0.15, 0.2) is 12.7 Å². The van der Waals surface area contributed by atoms with Gasteiger partial charge in [-0.2, -0.15) is 0 Å². The van der Waals surface area contributed by atoms with Gasteiger partial charge in [0.2, 0.25) is 0 Å². The zero-order valence-electron chi connectivity index (χ0n) is 20.8. The fourth-order valence-electron chi connectivity index (χ4n) is 4.79. The zero-order valence-corrected chi connectivity index (χ0v) is 21.9. The van der Waals surface area contributed by atoms with Gasteiger partial charge in [0.25, 0.3) is 0 Å². The quantitative estimate of drug-likeness (QED) is 0.0869. The molecule has 0 aliphatic heterocycles. The van der Waals surface area contributed by atoms with Crippen molar-refractivity contribution < 1.29 is 0 Å². The number of allylic oxidation sites excluding steroid dienone is 1. The Morgan fingerprint density at radius 3 is 1.38 bits per heavy atom. The van der Waals surface area contributed by atoms with Crippen LogP contribution in [0.4, 0.5) is 0 Å². The first-order valence-electron chi connectivity index (χ1n) is 13.5. The van der Waals surface area contributed by atoms with E-state index in [1.807, 2.05) is 0 Å². The molecule has 1 heteroatoms. The lowest BCUT2D eigenvalue weighted by Crippen LogP contribution is -2.31. The zero-order chi connectivity index (χ0) is 21.6. The van der Waals surface area contributed by atoms with Crippen molar-refractivity contribution in [3.63, 3.8) is 0 Å². The van der Waals surface area contributed by atoms with E-state index >= 15 is 0 Å². The smallest absolute Gasteiger partial charge is 0.0119 e. The van der Waals surface area contributed by atoms with Gasteiger partial charge in [0.1, 0.15) is 0 Å². The van der Waals surface area contributed by atoms with E-state index in [0.717, 1.165) is 5.92 Å². The van der Waals surface area contributed by atoms with Crippen LogP contribution in [-0.2, 0) is 0 Å². The second-order valence-corrected chi connectivity index (χ2v) is 10.8.